The molecule has 0 bridgehead atoms. The quantitative estimate of drug-likeness (QED) is 0.822. The molecule has 2 rings (SSSR count). The fourth-order valence-corrected chi connectivity index (χ4v) is 1.79. The van der Waals surface area contributed by atoms with Crippen LogP contribution in [0.5, 0.6) is 5.75 Å². The van der Waals surface area contributed by atoms with Gasteiger partial charge in [-0.15, -0.1) is 0 Å². The zero-order chi connectivity index (χ0) is 14.2. The van der Waals surface area contributed by atoms with E-state index in [4.69, 9.17) is 16.3 Å². The molecule has 5 heteroatoms. The number of benzene rings is 1. The first kappa shape index (κ1) is 14.8. The first-order chi connectivity index (χ1) is 9.74. The molecule has 1 unspecified atom stereocenters. The molecule has 0 aliphatic carbocycles. The van der Waals surface area contributed by atoms with Crippen molar-refractivity contribution in [2.24, 2.45) is 0 Å². The molecule has 1 aromatic heterocycles. The van der Waals surface area contributed by atoms with Crippen LogP contribution in [0.3, 0.4) is 0 Å². The van der Waals surface area contributed by atoms with Crippen molar-refractivity contribution < 1.29 is 9.84 Å². The van der Waals surface area contributed by atoms with E-state index < -0.39 is 6.10 Å². The lowest BCUT2D eigenvalue weighted by Crippen LogP contribution is -2.31. The van der Waals surface area contributed by atoms with Gasteiger partial charge in [-0.25, -0.2) is 0 Å². The first-order valence-electron chi connectivity index (χ1n) is 6.40. The summed E-state index contributed by atoms with van der Waals surface area (Å²) < 4.78 is 5.46. The molecular formula is C15H17ClN2O2. The molecule has 0 saturated heterocycles. The van der Waals surface area contributed by atoms with Crippen LogP contribution in [0.15, 0.2) is 48.8 Å². The van der Waals surface area contributed by atoms with Gasteiger partial charge in [-0.1, -0.05) is 17.7 Å². The number of hydrogen-bond acceptors (Lipinski definition) is 4. The van der Waals surface area contributed by atoms with Crippen molar-refractivity contribution >= 4 is 11.6 Å². The maximum Gasteiger partial charge on any atom is 0.119 e. The van der Waals surface area contributed by atoms with Crippen LogP contribution in [0.4, 0.5) is 0 Å². The van der Waals surface area contributed by atoms with Crippen molar-refractivity contribution in [1.29, 1.82) is 0 Å². The third kappa shape index (κ3) is 5.17. The van der Waals surface area contributed by atoms with Crippen LogP contribution in [0.2, 0.25) is 5.02 Å². The molecule has 0 radical (unpaired) electrons. The minimum absolute atomic E-state index is 0.238. The summed E-state index contributed by atoms with van der Waals surface area (Å²) >= 11 is 5.78. The lowest BCUT2D eigenvalue weighted by Gasteiger charge is -2.13. The molecule has 0 spiro atoms. The van der Waals surface area contributed by atoms with Crippen LogP contribution < -0.4 is 10.1 Å². The second-order valence-corrected chi connectivity index (χ2v) is 4.85. The van der Waals surface area contributed by atoms with Crippen molar-refractivity contribution in [2.75, 3.05) is 13.2 Å². The summed E-state index contributed by atoms with van der Waals surface area (Å²) in [6.45, 7) is 1.37. The highest BCUT2D eigenvalue weighted by Gasteiger charge is 2.05. The molecule has 20 heavy (non-hydrogen) atoms. The highest BCUT2D eigenvalue weighted by atomic mass is 35.5. The van der Waals surface area contributed by atoms with Gasteiger partial charge in [0.05, 0.1) is 0 Å². The molecule has 0 aliphatic rings. The van der Waals surface area contributed by atoms with Gasteiger partial charge in [-0.05, 0) is 35.9 Å². The summed E-state index contributed by atoms with van der Waals surface area (Å²) in [4.78, 5) is 4.03. The van der Waals surface area contributed by atoms with Gasteiger partial charge in [0.15, 0.2) is 0 Å². The number of hydrogen-bond donors (Lipinski definition) is 2. The smallest absolute Gasteiger partial charge is 0.119 e. The number of pyridine rings is 1. The largest absolute Gasteiger partial charge is 0.491 e. The number of nitrogens with zero attached hydrogens (tertiary/aromatic N) is 1. The number of rotatable bonds is 7. The van der Waals surface area contributed by atoms with Crippen molar-refractivity contribution in [3.63, 3.8) is 0 Å². The fraction of sp³-hybridized carbons (Fsp3) is 0.267. The molecule has 106 valence electrons. The number of halogens is 1. The molecule has 4 nitrogen and oxygen atoms in total. The third-order valence-corrected chi connectivity index (χ3v) is 2.94. The lowest BCUT2D eigenvalue weighted by molar-refractivity contribution is 0.106. The van der Waals surface area contributed by atoms with Crippen LogP contribution >= 0.6 is 11.6 Å². The molecule has 0 aliphatic heterocycles. The fourth-order valence-electron chi connectivity index (χ4n) is 1.67. The zero-order valence-corrected chi connectivity index (χ0v) is 11.8. The number of aliphatic hydroxyl groups is 1. The molecule has 0 fully saturated rings. The molecule has 0 saturated carbocycles. The molecule has 1 aromatic carbocycles. The average Bonchev–Trinajstić information content (AvgIpc) is 2.48. The minimum atomic E-state index is -0.567. The Labute approximate surface area is 123 Å². The monoisotopic (exact) mass is 292 g/mol. The van der Waals surface area contributed by atoms with Crippen LogP contribution in [-0.2, 0) is 6.54 Å². The second-order valence-electron chi connectivity index (χ2n) is 4.41. The topological polar surface area (TPSA) is 54.4 Å². The highest BCUT2D eigenvalue weighted by Crippen LogP contribution is 2.15. The summed E-state index contributed by atoms with van der Waals surface area (Å²) in [5.41, 5.74) is 1.08. The Kier molecular flexibility index (Phi) is 5.80. The van der Waals surface area contributed by atoms with E-state index in [0.717, 1.165) is 5.56 Å². The van der Waals surface area contributed by atoms with Crippen molar-refractivity contribution in [1.82, 2.24) is 10.3 Å². The van der Waals surface area contributed by atoms with E-state index >= 15 is 0 Å². The molecule has 2 aromatic rings. The van der Waals surface area contributed by atoms with E-state index in [9.17, 15) is 5.11 Å². The molecule has 0 amide bonds. The molecular weight excluding hydrogens is 276 g/mol. The highest BCUT2D eigenvalue weighted by molar-refractivity contribution is 6.30. The predicted octanol–water partition coefficient (Wildman–Crippen LogP) is 2.26. The van der Waals surface area contributed by atoms with Gasteiger partial charge in [0, 0.05) is 30.5 Å². The van der Waals surface area contributed by atoms with Gasteiger partial charge in [0.1, 0.15) is 18.5 Å². The number of aromatic nitrogens is 1. The number of aliphatic hydroxyl groups excluding tert-OH is 1. The van der Waals surface area contributed by atoms with Crippen molar-refractivity contribution in [2.45, 2.75) is 12.6 Å². The summed E-state index contributed by atoms with van der Waals surface area (Å²) in [6.07, 6.45) is 2.96. The zero-order valence-electron chi connectivity index (χ0n) is 11.0. The number of ether oxygens (including phenoxy) is 1. The van der Waals surface area contributed by atoms with E-state index in [1.807, 2.05) is 12.1 Å². The van der Waals surface area contributed by atoms with E-state index in [1.54, 1.807) is 36.7 Å². The Morgan fingerprint density at radius 3 is 2.75 bits per heavy atom. The summed E-state index contributed by atoms with van der Waals surface area (Å²) in [6, 6.07) is 10.9. The van der Waals surface area contributed by atoms with E-state index in [1.165, 1.54) is 0 Å². The molecule has 2 N–H and O–H groups in total. The first-order valence-corrected chi connectivity index (χ1v) is 6.78. The van der Waals surface area contributed by atoms with Crippen molar-refractivity contribution in [3.8, 4) is 5.75 Å². The molecule has 1 atom stereocenters. The molecule has 1 heterocycles. The normalized spacial score (nSPS) is 12.1. The van der Waals surface area contributed by atoms with Crippen LogP contribution in [0.1, 0.15) is 5.56 Å². The van der Waals surface area contributed by atoms with E-state index in [2.05, 4.69) is 10.3 Å². The van der Waals surface area contributed by atoms with Gasteiger partial charge in [-0.2, -0.15) is 0 Å². The Morgan fingerprint density at radius 2 is 2.05 bits per heavy atom. The Bertz CT molecular complexity index is 505. The average molecular weight is 293 g/mol. The standard InChI is InChI=1S/C15H17ClN2O2/c16-13-3-5-15(6-4-13)20-11-14(19)10-18-9-12-2-1-7-17-8-12/h1-8,14,18-19H,9-11H2. The summed E-state index contributed by atoms with van der Waals surface area (Å²) in [5.74, 6) is 0.695. The summed E-state index contributed by atoms with van der Waals surface area (Å²) in [5, 5.41) is 13.6. The van der Waals surface area contributed by atoms with Gasteiger partial charge in [-0.3, -0.25) is 4.98 Å². The minimum Gasteiger partial charge on any atom is -0.491 e. The van der Waals surface area contributed by atoms with Gasteiger partial charge < -0.3 is 15.2 Å². The maximum atomic E-state index is 9.81. The number of nitrogens with one attached hydrogen (secondary N) is 1. The van der Waals surface area contributed by atoms with Gasteiger partial charge in [0.2, 0.25) is 0 Å². The van der Waals surface area contributed by atoms with Crippen LogP contribution in [0, 0.1) is 0 Å². The van der Waals surface area contributed by atoms with Crippen molar-refractivity contribution in [3.05, 3.63) is 59.4 Å². The van der Waals surface area contributed by atoms with E-state index in [-0.39, 0.29) is 6.61 Å². The lowest BCUT2D eigenvalue weighted by atomic mass is 10.3. The Hall–Kier alpha value is -1.62. The SMILES string of the molecule is OC(CNCc1cccnc1)COc1ccc(Cl)cc1. The van der Waals surface area contributed by atoms with E-state index in [0.29, 0.717) is 23.9 Å². The Balaban J connectivity index is 1.65. The predicted molar refractivity (Wildman–Crippen MR) is 78.9 cm³/mol. The third-order valence-electron chi connectivity index (χ3n) is 2.69. The van der Waals surface area contributed by atoms with Gasteiger partial charge in [0.25, 0.3) is 0 Å². The summed E-state index contributed by atoms with van der Waals surface area (Å²) in [7, 11) is 0. The van der Waals surface area contributed by atoms with Gasteiger partial charge >= 0.3 is 0 Å². The second kappa shape index (κ2) is 7.85. The van der Waals surface area contributed by atoms with Crippen LogP contribution in [0.25, 0.3) is 0 Å². The Morgan fingerprint density at radius 1 is 1.25 bits per heavy atom. The van der Waals surface area contributed by atoms with Crippen LogP contribution in [-0.4, -0.2) is 29.3 Å². The maximum absolute atomic E-state index is 9.81.